The summed E-state index contributed by atoms with van der Waals surface area (Å²) < 4.78 is 5.25. The third-order valence-corrected chi connectivity index (χ3v) is 6.14. The molecule has 7 nitrogen and oxygen atoms in total. The normalized spacial score (nSPS) is 20.5. The first-order chi connectivity index (χ1) is 16.7. The van der Waals surface area contributed by atoms with Gasteiger partial charge in [0.2, 0.25) is 0 Å². The molecule has 2 aliphatic rings. The van der Waals surface area contributed by atoms with Crippen molar-refractivity contribution in [3.63, 3.8) is 0 Å². The first-order valence-corrected chi connectivity index (χ1v) is 11.4. The van der Waals surface area contributed by atoms with Crippen LogP contribution in [0.4, 0.5) is 0 Å². The van der Waals surface area contributed by atoms with Crippen molar-refractivity contribution in [2.75, 3.05) is 6.61 Å². The van der Waals surface area contributed by atoms with Crippen molar-refractivity contribution in [2.45, 2.75) is 25.3 Å². The van der Waals surface area contributed by atoms with Gasteiger partial charge in [0.1, 0.15) is 0 Å². The lowest BCUT2D eigenvalue weighted by Gasteiger charge is -2.29. The number of amides is 1. The average molecular weight is 453 g/mol. The first kappa shape index (κ1) is 21.7. The number of allylic oxidation sites excluding steroid dienone is 1. The number of fused-ring (bicyclic) bond motifs is 1. The highest BCUT2D eigenvalue weighted by Gasteiger charge is 2.43. The molecule has 34 heavy (non-hydrogen) atoms. The minimum atomic E-state index is -0.688. The van der Waals surface area contributed by atoms with Crippen molar-refractivity contribution in [3.8, 4) is 0 Å². The molecular weight excluding hydrogens is 428 g/mol. The van der Waals surface area contributed by atoms with E-state index in [1.54, 1.807) is 0 Å². The molecule has 2 aromatic carbocycles. The zero-order chi connectivity index (χ0) is 23.3. The highest BCUT2D eigenvalue weighted by molar-refractivity contribution is 6.08. The van der Waals surface area contributed by atoms with Crippen LogP contribution >= 0.6 is 0 Å². The zero-order valence-corrected chi connectivity index (χ0v) is 18.6. The topological polar surface area (TPSA) is 84.8 Å². The maximum Gasteiger partial charge on any atom is 0.359 e. The Labute approximate surface area is 197 Å². The molecule has 0 spiro atoms. The number of hydrogen-bond donors (Lipinski definition) is 0. The fourth-order valence-corrected chi connectivity index (χ4v) is 4.61. The SMILES string of the molecule is O=C(OCC(=O)N1N=C2C(=Cc3ccccc3)CCCC2C1c1ccccc1)c1cnccn1. The second-order valence-corrected chi connectivity index (χ2v) is 8.32. The molecule has 2 unspecified atom stereocenters. The lowest BCUT2D eigenvalue weighted by molar-refractivity contribution is -0.137. The molecule has 1 fully saturated rings. The Morgan fingerprint density at radius 1 is 1.03 bits per heavy atom. The van der Waals surface area contributed by atoms with Gasteiger partial charge >= 0.3 is 5.97 Å². The molecule has 2 heterocycles. The van der Waals surface area contributed by atoms with E-state index in [0.29, 0.717) is 0 Å². The Morgan fingerprint density at radius 3 is 2.53 bits per heavy atom. The Hall–Kier alpha value is -4.13. The number of aromatic nitrogens is 2. The minimum Gasteiger partial charge on any atom is -0.451 e. The van der Waals surface area contributed by atoms with Gasteiger partial charge in [-0.2, -0.15) is 5.10 Å². The van der Waals surface area contributed by atoms with Gasteiger partial charge in [-0.1, -0.05) is 60.7 Å². The second kappa shape index (κ2) is 9.79. The molecule has 5 rings (SSSR count). The van der Waals surface area contributed by atoms with Crippen LogP contribution in [0.15, 0.2) is 89.9 Å². The van der Waals surface area contributed by atoms with E-state index in [2.05, 4.69) is 28.2 Å². The number of carbonyl (C=O) groups excluding carboxylic acids is 2. The molecule has 1 aliphatic heterocycles. The molecule has 7 heteroatoms. The Balaban J connectivity index is 1.43. The fraction of sp³-hybridized carbons (Fsp3) is 0.222. The van der Waals surface area contributed by atoms with E-state index >= 15 is 0 Å². The van der Waals surface area contributed by atoms with Crippen molar-refractivity contribution < 1.29 is 14.3 Å². The van der Waals surface area contributed by atoms with Crippen LogP contribution in [0, 0.1) is 5.92 Å². The smallest absolute Gasteiger partial charge is 0.359 e. The number of ether oxygens (including phenoxy) is 1. The van der Waals surface area contributed by atoms with Gasteiger partial charge in [0.25, 0.3) is 5.91 Å². The molecule has 170 valence electrons. The van der Waals surface area contributed by atoms with Crippen molar-refractivity contribution in [2.24, 2.45) is 11.0 Å². The van der Waals surface area contributed by atoms with Crippen molar-refractivity contribution in [1.29, 1.82) is 0 Å². The predicted octanol–water partition coefficient (Wildman–Crippen LogP) is 4.46. The van der Waals surface area contributed by atoms with E-state index < -0.39 is 12.6 Å². The van der Waals surface area contributed by atoms with Gasteiger partial charge in [-0.25, -0.2) is 14.8 Å². The Kier molecular flexibility index (Phi) is 6.25. The molecule has 1 saturated carbocycles. The van der Waals surface area contributed by atoms with Crippen molar-refractivity contribution in [1.82, 2.24) is 15.0 Å². The monoisotopic (exact) mass is 452 g/mol. The quantitative estimate of drug-likeness (QED) is 0.534. The maximum absolute atomic E-state index is 13.3. The molecule has 0 radical (unpaired) electrons. The van der Waals surface area contributed by atoms with Crippen molar-refractivity contribution in [3.05, 3.63) is 102 Å². The number of hydrazone groups is 1. The molecule has 2 atom stereocenters. The third-order valence-electron chi connectivity index (χ3n) is 6.14. The summed E-state index contributed by atoms with van der Waals surface area (Å²) in [6.45, 7) is -0.417. The molecule has 1 aromatic heterocycles. The van der Waals surface area contributed by atoms with E-state index in [9.17, 15) is 9.59 Å². The van der Waals surface area contributed by atoms with Crippen LogP contribution < -0.4 is 0 Å². The minimum absolute atomic E-state index is 0.0596. The highest BCUT2D eigenvalue weighted by Crippen LogP contribution is 2.44. The lowest BCUT2D eigenvalue weighted by atomic mass is 9.77. The summed E-state index contributed by atoms with van der Waals surface area (Å²) in [6.07, 6.45) is 9.22. The fourth-order valence-electron chi connectivity index (χ4n) is 4.61. The number of carbonyl (C=O) groups is 2. The lowest BCUT2D eigenvalue weighted by Crippen LogP contribution is -2.34. The molecule has 1 amide bonds. The standard InChI is InChI=1S/C27H24N4O3/c32-24(18-34-27(33)23-17-28-14-15-29-23)31-26(20-10-5-2-6-11-20)22-13-7-12-21(25(22)30-31)16-19-8-3-1-4-9-19/h1-6,8-11,14-17,22,26H,7,12-13,18H2. The second-order valence-electron chi connectivity index (χ2n) is 8.32. The van der Waals surface area contributed by atoms with E-state index in [-0.39, 0.29) is 23.6 Å². The summed E-state index contributed by atoms with van der Waals surface area (Å²) in [6, 6.07) is 19.8. The summed E-state index contributed by atoms with van der Waals surface area (Å²) in [5.74, 6) is -0.968. The summed E-state index contributed by atoms with van der Waals surface area (Å²) in [4.78, 5) is 33.3. The van der Waals surface area contributed by atoms with E-state index in [1.807, 2.05) is 48.5 Å². The summed E-state index contributed by atoms with van der Waals surface area (Å²) >= 11 is 0. The summed E-state index contributed by atoms with van der Waals surface area (Å²) in [7, 11) is 0. The van der Waals surface area contributed by atoms with E-state index in [4.69, 9.17) is 9.84 Å². The van der Waals surface area contributed by atoms with Gasteiger partial charge in [0.05, 0.1) is 18.0 Å². The predicted molar refractivity (Wildman–Crippen MR) is 128 cm³/mol. The van der Waals surface area contributed by atoms with Gasteiger partial charge in [0, 0.05) is 18.3 Å². The van der Waals surface area contributed by atoms with Crippen LogP contribution in [0.3, 0.4) is 0 Å². The van der Waals surface area contributed by atoms with Crippen LogP contribution in [0.5, 0.6) is 0 Å². The number of esters is 1. The first-order valence-electron chi connectivity index (χ1n) is 11.4. The van der Waals surface area contributed by atoms with Gasteiger partial charge in [-0.05, 0) is 42.0 Å². The molecule has 1 aliphatic carbocycles. The van der Waals surface area contributed by atoms with Crippen LogP contribution in [0.2, 0.25) is 0 Å². The molecule has 0 saturated heterocycles. The van der Waals surface area contributed by atoms with Gasteiger partial charge in [0.15, 0.2) is 12.3 Å². The number of hydrogen-bond acceptors (Lipinski definition) is 6. The third kappa shape index (κ3) is 4.50. The number of nitrogens with zero attached hydrogens (tertiary/aromatic N) is 4. The maximum atomic E-state index is 13.3. The van der Waals surface area contributed by atoms with E-state index in [1.165, 1.54) is 23.6 Å². The average Bonchev–Trinajstić information content (AvgIpc) is 3.29. The van der Waals surface area contributed by atoms with Crippen LogP contribution in [0.25, 0.3) is 6.08 Å². The van der Waals surface area contributed by atoms with Gasteiger partial charge in [-0.15, -0.1) is 0 Å². The van der Waals surface area contributed by atoms with Crippen molar-refractivity contribution >= 4 is 23.7 Å². The molecular formula is C27H24N4O3. The van der Waals surface area contributed by atoms with E-state index in [0.717, 1.165) is 41.7 Å². The summed E-state index contributed by atoms with van der Waals surface area (Å²) in [5.41, 5.74) is 4.28. The molecule has 3 aromatic rings. The number of benzene rings is 2. The summed E-state index contributed by atoms with van der Waals surface area (Å²) in [5, 5.41) is 6.31. The Morgan fingerprint density at radius 2 is 1.79 bits per heavy atom. The number of rotatable bonds is 5. The van der Waals surface area contributed by atoms with Gasteiger partial charge < -0.3 is 4.74 Å². The highest BCUT2D eigenvalue weighted by atomic mass is 16.5. The Bertz CT molecular complexity index is 1230. The van der Waals surface area contributed by atoms with Crippen LogP contribution in [0.1, 0.15) is 46.9 Å². The molecule has 0 bridgehead atoms. The van der Waals surface area contributed by atoms with Gasteiger partial charge in [-0.3, -0.25) is 9.78 Å². The van der Waals surface area contributed by atoms with Crippen LogP contribution in [-0.2, 0) is 9.53 Å². The zero-order valence-electron chi connectivity index (χ0n) is 18.6. The molecule has 0 N–H and O–H groups in total. The van der Waals surface area contributed by atoms with Crippen LogP contribution in [-0.4, -0.2) is 39.2 Å². The largest absolute Gasteiger partial charge is 0.451 e.